The van der Waals surface area contributed by atoms with Crippen LogP contribution in [0.2, 0.25) is 0 Å². The average Bonchev–Trinajstić information content (AvgIpc) is 2.84. The molecule has 24 heavy (non-hydrogen) atoms. The molecule has 1 unspecified atom stereocenters. The van der Waals surface area contributed by atoms with Gasteiger partial charge in [0.25, 0.3) is 0 Å². The van der Waals surface area contributed by atoms with Gasteiger partial charge in [-0.05, 0) is 86.4 Å². The van der Waals surface area contributed by atoms with Crippen LogP contribution in [0.15, 0.2) is 11.6 Å². The Labute approximate surface area is 146 Å². The lowest BCUT2D eigenvalue weighted by Crippen LogP contribution is -2.57. The van der Waals surface area contributed by atoms with Crippen molar-refractivity contribution >= 4 is 0 Å². The third-order valence-electron chi connectivity index (χ3n) is 8.68. The van der Waals surface area contributed by atoms with Crippen LogP contribution in [0.3, 0.4) is 0 Å². The third kappa shape index (κ3) is 2.20. The molecule has 0 aliphatic heterocycles. The fraction of sp³-hybridized carbons (Fsp3) is 0.905. The summed E-state index contributed by atoms with van der Waals surface area (Å²) >= 11 is 0. The molecule has 0 amide bonds. The predicted molar refractivity (Wildman–Crippen MR) is 94.3 cm³/mol. The van der Waals surface area contributed by atoms with E-state index >= 15 is 0 Å². The van der Waals surface area contributed by atoms with Crippen LogP contribution in [0.4, 0.5) is 0 Å². The first-order chi connectivity index (χ1) is 11.3. The minimum atomic E-state index is -0.290. The van der Waals surface area contributed by atoms with Crippen molar-refractivity contribution in [3.8, 4) is 0 Å². The Morgan fingerprint density at radius 1 is 1.12 bits per heavy atom. The standard InChI is InChI=1S/C21H34O3/c1-12(22)16-6-7-17-15-5-4-13-10-14(23)8-9-20(13,2)19(15)18(24)11-21(16,17)3/h10,12,14-19,22-24H,4-9,11H2,1-3H3/t12?,14-,15-,16+,17-,18-,19+,20-,21+/m0/s1. The van der Waals surface area contributed by atoms with E-state index < -0.39 is 0 Å². The van der Waals surface area contributed by atoms with Gasteiger partial charge in [-0.3, -0.25) is 0 Å². The molecule has 0 heterocycles. The summed E-state index contributed by atoms with van der Waals surface area (Å²) in [5, 5.41) is 31.5. The van der Waals surface area contributed by atoms with Crippen LogP contribution in [0.5, 0.6) is 0 Å². The molecule has 4 aliphatic carbocycles. The van der Waals surface area contributed by atoms with E-state index in [1.165, 1.54) is 12.0 Å². The van der Waals surface area contributed by atoms with Gasteiger partial charge in [-0.2, -0.15) is 0 Å². The van der Waals surface area contributed by atoms with Crippen molar-refractivity contribution in [2.45, 2.75) is 84.0 Å². The molecule has 3 heteroatoms. The van der Waals surface area contributed by atoms with Crippen molar-refractivity contribution < 1.29 is 15.3 Å². The second-order valence-corrected chi connectivity index (χ2v) is 9.75. The summed E-state index contributed by atoms with van der Waals surface area (Å²) in [5.41, 5.74) is 1.54. The maximum absolute atomic E-state index is 11.2. The zero-order valence-electron chi connectivity index (χ0n) is 15.4. The van der Waals surface area contributed by atoms with Crippen molar-refractivity contribution in [2.24, 2.45) is 34.5 Å². The molecule has 0 aromatic rings. The number of fused-ring (bicyclic) bond motifs is 5. The number of aliphatic hydroxyl groups excluding tert-OH is 3. The highest BCUT2D eigenvalue weighted by Gasteiger charge is 2.62. The lowest BCUT2D eigenvalue weighted by atomic mass is 9.45. The van der Waals surface area contributed by atoms with Crippen LogP contribution in [-0.4, -0.2) is 33.6 Å². The Hall–Kier alpha value is -0.380. The van der Waals surface area contributed by atoms with Crippen LogP contribution in [-0.2, 0) is 0 Å². The maximum Gasteiger partial charge on any atom is 0.0724 e. The highest BCUT2D eigenvalue weighted by molar-refractivity contribution is 5.26. The van der Waals surface area contributed by atoms with Crippen LogP contribution in [0.1, 0.15) is 65.7 Å². The molecule has 0 aromatic carbocycles. The van der Waals surface area contributed by atoms with Crippen molar-refractivity contribution in [3.63, 3.8) is 0 Å². The van der Waals surface area contributed by atoms with E-state index in [2.05, 4.69) is 19.9 Å². The van der Waals surface area contributed by atoms with Gasteiger partial charge in [0.15, 0.2) is 0 Å². The van der Waals surface area contributed by atoms with E-state index in [1.54, 1.807) is 0 Å². The molecule has 0 bridgehead atoms. The van der Waals surface area contributed by atoms with Gasteiger partial charge < -0.3 is 15.3 Å². The Morgan fingerprint density at radius 2 is 1.88 bits per heavy atom. The lowest BCUT2D eigenvalue weighted by molar-refractivity contribution is -0.138. The summed E-state index contributed by atoms with van der Waals surface area (Å²) in [4.78, 5) is 0. The van der Waals surface area contributed by atoms with Crippen LogP contribution in [0, 0.1) is 34.5 Å². The van der Waals surface area contributed by atoms with Crippen LogP contribution in [0.25, 0.3) is 0 Å². The van der Waals surface area contributed by atoms with E-state index in [1.807, 2.05) is 6.92 Å². The SMILES string of the molecule is CC(O)[C@H]1CC[C@H]2[C@@H]3CCC4=C[C@@H](O)CC[C@]4(C)[C@H]3[C@@H](O)C[C@]12C. The fourth-order valence-electron chi connectivity index (χ4n) is 7.67. The van der Waals surface area contributed by atoms with Gasteiger partial charge >= 0.3 is 0 Å². The molecule has 0 radical (unpaired) electrons. The van der Waals surface area contributed by atoms with Crippen LogP contribution < -0.4 is 0 Å². The first-order valence-electron chi connectivity index (χ1n) is 10.0. The van der Waals surface area contributed by atoms with Gasteiger partial charge in [-0.15, -0.1) is 0 Å². The van der Waals surface area contributed by atoms with Gasteiger partial charge in [0.1, 0.15) is 0 Å². The second-order valence-electron chi connectivity index (χ2n) is 9.75. The molecular formula is C21H34O3. The van der Waals surface area contributed by atoms with Crippen molar-refractivity contribution in [2.75, 3.05) is 0 Å². The normalized spacial score (nSPS) is 55.2. The van der Waals surface area contributed by atoms with Gasteiger partial charge in [0, 0.05) is 0 Å². The van der Waals surface area contributed by atoms with Crippen LogP contribution >= 0.6 is 0 Å². The molecule has 3 nitrogen and oxygen atoms in total. The third-order valence-corrected chi connectivity index (χ3v) is 8.68. The quantitative estimate of drug-likeness (QED) is 0.645. The molecule has 0 saturated heterocycles. The highest BCUT2D eigenvalue weighted by atomic mass is 16.3. The lowest BCUT2D eigenvalue weighted by Gasteiger charge is -2.60. The highest BCUT2D eigenvalue weighted by Crippen LogP contribution is 2.67. The molecule has 9 atom stereocenters. The summed E-state index contributed by atoms with van der Waals surface area (Å²) < 4.78 is 0. The van der Waals surface area contributed by atoms with E-state index in [4.69, 9.17) is 0 Å². The molecule has 3 N–H and O–H groups in total. The smallest absolute Gasteiger partial charge is 0.0724 e. The zero-order valence-corrected chi connectivity index (χ0v) is 15.4. The molecule has 0 spiro atoms. The van der Waals surface area contributed by atoms with Crippen molar-refractivity contribution in [1.29, 1.82) is 0 Å². The molecular weight excluding hydrogens is 300 g/mol. The Kier molecular flexibility index (Phi) is 3.95. The van der Waals surface area contributed by atoms with Crippen molar-refractivity contribution in [1.82, 2.24) is 0 Å². The predicted octanol–water partition coefficient (Wildman–Crippen LogP) is 3.28. The monoisotopic (exact) mass is 334 g/mol. The molecule has 3 saturated carbocycles. The topological polar surface area (TPSA) is 60.7 Å². The van der Waals surface area contributed by atoms with Gasteiger partial charge in [-0.25, -0.2) is 0 Å². The molecule has 0 aromatic heterocycles. The Morgan fingerprint density at radius 3 is 2.58 bits per heavy atom. The molecule has 136 valence electrons. The fourth-order valence-corrected chi connectivity index (χ4v) is 7.67. The second kappa shape index (κ2) is 5.56. The molecule has 3 fully saturated rings. The Balaban J connectivity index is 1.70. The number of aliphatic hydroxyl groups is 3. The summed E-state index contributed by atoms with van der Waals surface area (Å²) in [6.07, 6.45) is 8.44. The van der Waals surface area contributed by atoms with Gasteiger partial charge in [-0.1, -0.05) is 25.5 Å². The number of hydrogen-bond donors (Lipinski definition) is 3. The summed E-state index contributed by atoms with van der Waals surface area (Å²) in [7, 11) is 0. The minimum absolute atomic E-state index is 0.0613. The number of allylic oxidation sites excluding steroid dienone is 1. The maximum atomic E-state index is 11.2. The Bertz CT molecular complexity index is 541. The summed E-state index contributed by atoms with van der Waals surface area (Å²) in [6.45, 7) is 6.61. The van der Waals surface area contributed by atoms with Gasteiger partial charge in [0.2, 0.25) is 0 Å². The van der Waals surface area contributed by atoms with E-state index in [9.17, 15) is 15.3 Å². The summed E-state index contributed by atoms with van der Waals surface area (Å²) in [6, 6.07) is 0. The average molecular weight is 335 g/mol. The molecule has 4 aliphatic rings. The van der Waals surface area contributed by atoms with E-state index in [-0.39, 0.29) is 29.1 Å². The minimum Gasteiger partial charge on any atom is -0.393 e. The first-order valence-corrected chi connectivity index (χ1v) is 10.0. The largest absolute Gasteiger partial charge is 0.393 e. The van der Waals surface area contributed by atoms with E-state index in [0.29, 0.717) is 23.7 Å². The number of hydrogen-bond acceptors (Lipinski definition) is 3. The van der Waals surface area contributed by atoms with Gasteiger partial charge in [0.05, 0.1) is 18.3 Å². The number of rotatable bonds is 1. The zero-order chi connectivity index (χ0) is 17.3. The van der Waals surface area contributed by atoms with E-state index in [0.717, 1.165) is 38.5 Å². The molecule has 4 rings (SSSR count). The first kappa shape index (κ1) is 17.1. The van der Waals surface area contributed by atoms with Crippen molar-refractivity contribution in [3.05, 3.63) is 11.6 Å². The summed E-state index contributed by atoms with van der Waals surface area (Å²) in [5.74, 6) is 1.86.